The van der Waals surface area contributed by atoms with Crippen molar-refractivity contribution in [3.63, 3.8) is 0 Å². The summed E-state index contributed by atoms with van der Waals surface area (Å²) in [7, 11) is 1.69. The maximum Gasteiger partial charge on any atom is 0.422 e. The van der Waals surface area contributed by atoms with Crippen LogP contribution in [-0.2, 0) is 23.7 Å². The molecule has 29 heavy (non-hydrogen) atoms. The molecule has 1 spiro atoms. The number of morpholine rings is 1. The van der Waals surface area contributed by atoms with Crippen molar-refractivity contribution in [3.8, 4) is 0 Å². The number of ether oxygens (including phenoxy) is 5. The lowest BCUT2D eigenvalue weighted by molar-refractivity contribution is -0.120. The number of nitrogens with zero attached hydrogens (tertiary/aromatic N) is 1. The fourth-order valence-electron chi connectivity index (χ4n) is 5.04. The Bertz CT molecular complexity index is 641. The van der Waals surface area contributed by atoms with Crippen LogP contribution in [0.4, 0.5) is 4.79 Å². The molecule has 3 heterocycles. The van der Waals surface area contributed by atoms with Gasteiger partial charge in [0.25, 0.3) is 0 Å². The molecule has 0 unspecified atom stereocenters. The second-order valence-electron chi connectivity index (χ2n) is 9.03. The fourth-order valence-corrected chi connectivity index (χ4v) is 5.04. The average molecular weight is 411 g/mol. The van der Waals surface area contributed by atoms with Gasteiger partial charge in [0.15, 0.2) is 0 Å². The van der Waals surface area contributed by atoms with Crippen LogP contribution in [0.2, 0.25) is 0 Å². The van der Waals surface area contributed by atoms with Gasteiger partial charge in [-0.15, -0.1) is 0 Å². The molecule has 3 aliphatic heterocycles. The Balaban J connectivity index is 1.42. The first-order chi connectivity index (χ1) is 13.9. The Morgan fingerprint density at radius 3 is 2.66 bits per heavy atom. The van der Waals surface area contributed by atoms with E-state index >= 15 is 0 Å². The van der Waals surface area contributed by atoms with E-state index in [1.54, 1.807) is 7.11 Å². The molecule has 8 heteroatoms. The summed E-state index contributed by atoms with van der Waals surface area (Å²) >= 11 is 0. The molecular formula is C21H34N2O6. The predicted octanol–water partition coefficient (Wildman–Crippen LogP) is 2.04. The third kappa shape index (κ3) is 4.32. The van der Waals surface area contributed by atoms with Gasteiger partial charge >= 0.3 is 6.09 Å². The number of allylic oxidation sites excluding steroid dienone is 1. The van der Waals surface area contributed by atoms with Crippen molar-refractivity contribution in [2.45, 2.75) is 69.5 Å². The predicted molar refractivity (Wildman–Crippen MR) is 105 cm³/mol. The van der Waals surface area contributed by atoms with Crippen molar-refractivity contribution in [1.82, 2.24) is 10.4 Å². The van der Waals surface area contributed by atoms with E-state index in [1.165, 1.54) is 5.57 Å². The number of hydrazine groups is 1. The fraction of sp³-hybridized carbons (Fsp3) is 0.857. The van der Waals surface area contributed by atoms with Crippen molar-refractivity contribution in [2.24, 2.45) is 5.92 Å². The minimum atomic E-state index is -0.437. The molecular weight excluding hydrogens is 376 g/mol. The molecule has 0 aromatic heterocycles. The van der Waals surface area contributed by atoms with Gasteiger partial charge in [0.05, 0.1) is 31.8 Å². The lowest BCUT2D eigenvalue weighted by Crippen LogP contribution is -2.57. The Morgan fingerprint density at radius 1 is 1.31 bits per heavy atom. The molecule has 1 N–H and O–H groups in total. The van der Waals surface area contributed by atoms with Crippen molar-refractivity contribution in [3.05, 3.63) is 11.6 Å². The second-order valence-corrected chi connectivity index (χ2v) is 9.03. The molecule has 4 aliphatic rings. The van der Waals surface area contributed by atoms with Crippen LogP contribution in [0.15, 0.2) is 11.6 Å². The van der Waals surface area contributed by atoms with Gasteiger partial charge in [-0.1, -0.05) is 11.6 Å². The Kier molecular flexibility index (Phi) is 5.92. The van der Waals surface area contributed by atoms with Crippen molar-refractivity contribution in [1.29, 1.82) is 0 Å². The molecule has 4 rings (SSSR count). The van der Waals surface area contributed by atoms with Crippen LogP contribution in [0.5, 0.6) is 0 Å². The van der Waals surface area contributed by atoms with Crippen LogP contribution in [0, 0.1) is 5.92 Å². The number of hydrogen-bond acceptors (Lipinski definition) is 7. The Morgan fingerprint density at radius 2 is 2.03 bits per heavy atom. The highest BCUT2D eigenvalue weighted by molar-refractivity contribution is 5.66. The zero-order valence-electron chi connectivity index (χ0n) is 17.9. The molecule has 6 atom stereocenters. The summed E-state index contributed by atoms with van der Waals surface area (Å²) in [5.41, 5.74) is 3.57. The molecule has 0 radical (unpaired) electrons. The zero-order chi connectivity index (χ0) is 20.6. The number of rotatable bonds is 6. The van der Waals surface area contributed by atoms with Crippen molar-refractivity contribution < 1.29 is 28.5 Å². The molecule has 1 saturated carbocycles. The first-order valence-electron chi connectivity index (χ1n) is 10.7. The second kappa shape index (κ2) is 8.15. The third-order valence-corrected chi connectivity index (χ3v) is 6.76. The van der Waals surface area contributed by atoms with Crippen molar-refractivity contribution in [2.75, 3.05) is 40.0 Å². The number of carbonyl (C=O) groups is 1. The molecule has 0 aromatic carbocycles. The van der Waals surface area contributed by atoms with Gasteiger partial charge in [-0.25, -0.2) is 9.80 Å². The normalized spacial score (nSPS) is 41.7. The summed E-state index contributed by atoms with van der Waals surface area (Å²) in [4.78, 5) is 12.5. The highest BCUT2D eigenvalue weighted by atomic mass is 16.6. The van der Waals surface area contributed by atoms with Crippen molar-refractivity contribution >= 4 is 6.09 Å². The van der Waals surface area contributed by atoms with Crippen LogP contribution in [0.25, 0.3) is 0 Å². The topological polar surface area (TPSA) is 85.1 Å². The van der Waals surface area contributed by atoms with Crippen LogP contribution in [0.1, 0.15) is 40.0 Å². The first kappa shape index (κ1) is 21.1. The van der Waals surface area contributed by atoms with Gasteiger partial charge in [0.1, 0.15) is 23.4 Å². The average Bonchev–Trinajstić information content (AvgIpc) is 3.60. The van der Waals surface area contributed by atoms with Crippen LogP contribution >= 0.6 is 0 Å². The van der Waals surface area contributed by atoms with Crippen LogP contribution < -0.4 is 5.43 Å². The molecule has 164 valence electrons. The molecule has 0 bridgehead atoms. The van der Waals surface area contributed by atoms with E-state index in [9.17, 15) is 4.79 Å². The zero-order valence-corrected chi connectivity index (χ0v) is 17.9. The van der Waals surface area contributed by atoms with Crippen LogP contribution in [0.3, 0.4) is 0 Å². The summed E-state index contributed by atoms with van der Waals surface area (Å²) in [6.07, 6.45) is 3.78. The SMILES string of the molecule is CO[C@@H]1[C@H](OC(=O)NN2CCOCC2)CC[C@]2(CO2)[C@H]1[C@@]1(C)O[C@@H]1CC=C(C)C. The summed E-state index contributed by atoms with van der Waals surface area (Å²) in [6, 6.07) is 0. The lowest BCUT2D eigenvalue weighted by Gasteiger charge is -2.42. The first-order valence-corrected chi connectivity index (χ1v) is 10.7. The lowest BCUT2D eigenvalue weighted by atomic mass is 9.68. The maximum atomic E-state index is 12.5. The monoisotopic (exact) mass is 410 g/mol. The Hall–Kier alpha value is -1.19. The van der Waals surface area contributed by atoms with E-state index in [0.717, 1.165) is 25.9 Å². The Labute approximate surface area is 172 Å². The van der Waals surface area contributed by atoms with Gasteiger partial charge in [-0.05, 0) is 40.0 Å². The smallest absolute Gasteiger partial charge is 0.422 e. The van der Waals surface area contributed by atoms with Crippen LogP contribution in [-0.4, -0.2) is 80.6 Å². The van der Waals surface area contributed by atoms with Gasteiger partial charge in [0.2, 0.25) is 0 Å². The van der Waals surface area contributed by atoms with Gasteiger partial charge < -0.3 is 23.7 Å². The number of hydrogen-bond donors (Lipinski definition) is 1. The number of methoxy groups -OCH3 is 1. The summed E-state index contributed by atoms with van der Waals surface area (Å²) in [6.45, 7) is 9.59. The molecule has 8 nitrogen and oxygen atoms in total. The van der Waals surface area contributed by atoms with E-state index in [4.69, 9.17) is 23.7 Å². The van der Waals surface area contributed by atoms with E-state index in [-0.39, 0.29) is 35.4 Å². The van der Waals surface area contributed by atoms with Gasteiger partial charge in [-0.3, -0.25) is 5.43 Å². The summed E-state index contributed by atoms with van der Waals surface area (Å²) < 4.78 is 29.2. The van der Waals surface area contributed by atoms with Gasteiger partial charge in [0, 0.05) is 20.2 Å². The molecule has 1 amide bonds. The maximum absolute atomic E-state index is 12.5. The van der Waals surface area contributed by atoms with E-state index in [0.29, 0.717) is 26.3 Å². The highest BCUT2D eigenvalue weighted by Gasteiger charge is 2.72. The molecule has 1 aliphatic carbocycles. The minimum Gasteiger partial charge on any atom is -0.443 e. The summed E-state index contributed by atoms with van der Waals surface area (Å²) in [5, 5.41) is 1.83. The number of nitrogens with one attached hydrogen (secondary N) is 1. The third-order valence-electron chi connectivity index (χ3n) is 6.76. The quantitative estimate of drug-likeness (QED) is 0.530. The minimum absolute atomic E-state index is 0.0329. The number of carbonyl (C=O) groups excluding carboxylic acids is 1. The van der Waals surface area contributed by atoms with E-state index in [2.05, 4.69) is 32.3 Å². The molecule has 3 saturated heterocycles. The molecule has 4 fully saturated rings. The van der Waals surface area contributed by atoms with E-state index in [1.807, 2.05) is 5.01 Å². The van der Waals surface area contributed by atoms with Gasteiger partial charge in [-0.2, -0.15) is 0 Å². The largest absolute Gasteiger partial charge is 0.443 e. The number of amides is 1. The molecule has 0 aromatic rings. The highest BCUT2D eigenvalue weighted by Crippen LogP contribution is 2.59. The number of epoxide rings is 2. The standard InChI is InChI=1S/C21H34N2O6/c1-14(2)5-6-16-20(3,29-16)18-17(25-4)15(7-8-21(18)13-27-21)28-19(24)22-23-9-11-26-12-10-23/h5,15-18H,6-13H2,1-4H3,(H,22,24)/t15-,16-,17-,18-,20+,21+/m1/s1. The van der Waals surface area contributed by atoms with E-state index < -0.39 is 6.09 Å². The summed E-state index contributed by atoms with van der Waals surface area (Å²) in [5.74, 6) is 0.0329.